The van der Waals surface area contributed by atoms with Crippen molar-refractivity contribution in [1.82, 2.24) is 15.5 Å². The number of aromatic nitrogens is 2. The van der Waals surface area contributed by atoms with Crippen molar-refractivity contribution in [3.05, 3.63) is 74.8 Å². The number of rotatable bonds is 6. The van der Waals surface area contributed by atoms with Crippen LogP contribution in [0.3, 0.4) is 0 Å². The molecule has 9 heteroatoms. The van der Waals surface area contributed by atoms with Crippen LogP contribution in [0.2, 0.25) is 5.02 Å². The van der Waals surface area contributed by atoms with E-state index in [1.807, 2.05) is 31.2 Å². The molecule has 0 aliphatic carbocycles. The van der Waals surface area contributed by atoms with E-state index in [1.165, 1.54) is 0 Å². The van der Waals surface area contributed by atoms with Gasteiger partial charge in [0, 0.05) is 0 Å². The van der Waals surface area contributed by atoms with Crippen molar-refractivity contribution in [3.8, 4) is 5.75 Å². The lowest BCUT2D eigenvalue weighted by atomic mass is 10.1. The zero-order valence-corrected chi connectivity index (χ0v) is 18.0. The Hall–Kier alpha value is -2.84. The Balaban J connectivity index is 1.70. The van der Waals surface area contributed by atoms with Crippen LogP contribution in [0.5, 0.6) is 5.75 Å². The van der Waals surface area contributed by atoms with Gasteiger partial charge in [-0.1, -0.05) is 35.9 Å². The summed E-state index contributed by atoms with van der Waals surface area (Å²) in [4.78, 5) is 25.0. The van der Waals surface area contributed by atoms with Crippen LogP contribution in [0.15, 0.2) is 53.0 Å². The van der Waals surface area contributed by atoms with Gasteiger partial charge in [-0.3, -0.25) is 14.7 Å². The van der Waals surface area contributed by atoms with E-state index in [-0.39, 0.29) is 23.5 Å². The minimum atomic E-state index is -0.429. The van der Waals surface area contributed by atoms with Crippen molar-refractivity contribution in [2.45, 2.75) is 13.0 Å². The molecule has 0 radical (unpaired) electrons. The first-order valence-electron chi connectivity index (χ1n) is 8.65. The summed E-state index contributed by atoms with van der Waals surface area (Å²) in [6.07, 6.45) is 0. The fourth-order valence-corrected chi connectivity index (χ4v) is 3.30. The number of nitrogens with zero attached hydrogens (tertiary/aromatic N) is 1. The van der Waals surface area contributed by atoms with Crippen LogP contribution >= 0.6 is 27.5 Å². The van der Waals surface area contributed by atoms with Gasteiger partial charge < -0.3 is 15.4 Å². The summed E-state index contributed by atoms with van der Waals surface area (Å²) < 4.78 is 5.48. The van der Waals surface area contributed by atoms with Gasteiger partial charge in [-0.05, 0) is 52.7 Å². The Bertz CT molecular complexity index is 1040. The average Bonchev–Trinajstić information content (AvgIpc) is 3.08. The van der Waals surface area contributed by atoms with Crippen molar-refractivity contribution in [1.29, 1.82) is 0 Å². The molecule has 1 unspecified atom stereocenters. The third-order valence-corrected chi connectivity index (χ3v) is 5.35. The van der Waals surface area contributed by atoms with Gasteiger partial charge in [0.15, 0.2) is 5.82 Å². The van der Waals surface area contributed by atoms with Crippen LogP contribution in [0.1, 0.15) is 39.4 Å². The smallest absolute Gasteiger partial charge is 0.271 e. The molecule has 0 aliphatic heterocycles. The number of H-pyrrole nitrogens is 1. The summed E-state index contributed by atoms with van der Waals surface area (Å²) >= 11 is 9.36. The van der Waals surface area contributed by atoms with Gasteiger partial charge >= 0.3 is 0 Å². The molecule has 0 saturated heterocycles. The molecule has 1 atom stereocenters. The van der Waals surface area contributed by atoms with Crippen molar-refractivity contribution in [2.24, 2.45) is 0 Å². The second kappa shape index (κ2) is 9.11. The Morgan fingerprint density at radius 3 is 2.48 bits per heavy atom. The first-order chi connectivity index (χ1) is 13.9. The number of halogens is 2. The number of hydrogen-bond donors (Lipinski definition) is 3. The Labute approximate surface area is 180 Å². The monoisotopic (exact) mass is 476 g/mol. The van der Waals surface area contributed by atoms with E-state index in [4.69, 9.17) is 16.3 Å². The van der Waals surface area contributed by atoms with Crippen molar-refractivity contribution in [2.75, 3.05) is 12.4 Å². The number of aromatic amines is 1. The standard InChI is InChI=1S/C20H18BrClN4O3/c1-11(12-7-9-13(29-2)10-8-12)23-20(28)17-16(21)18(26-25-17)24-19(27)14-5-3-4-6-15(14)22/h3-11H,1-2H3,(H,23,28)(H2,24,25,26,27). The molecule has 1 heterocycles. The summed E-state index contributed by atoms with van der Waals surface area (Å²) in [5.74, 6) is 0.131. The van der Waals surface area contributed by atoms with Gasteiger partial charge in [-0.25, -0.2) is 0 Å². The van der Waals surface area contributed by atoms with Gasteiger partial charge in [-0.2, -0.15) is 5.10 Å². The highest BCUT2D eigenvalue weighted by molar-refractivity contribution is 9.10. The molecule has 1 aromatic heterocycles. The maximum Gasteiger partial charge on any atom is 0.271 e. The molecule has 2 amide bonds. The minimum absolute atomic E-state index is 0.192. The number of methoxy groups -OCH3 is 1. The number of anilines is 1. The molecule has 0 aliphatic rings. The van der Waals surface area contributed by atoms with Gasteiger partial charge in [0.25, 0.3) is 11.8 Å². The number of carbonyl (C=O) groups is 2. The lowest BCUT2D eigenvalue weighted by Gasteiger charge is -2.14. The molecule has 7 nitrogen and oxygen atoms in total. The van der Waals surface area contributed by atoms with Gasteiger partial charge in [0.2, 0.25) is 0 Å². The van der Waals surface area contributed by atoms with Gasteiger partial charge in [-0.15, -0.1) is 0 Å². The van der Waals surface area contributed by atoms with E-state index in [0.29, 0.717) is 15.1 Å². The van der Waals surface area contributed by atoms with E-state index in [2.05, 4.69) is 36.8 Å². The van der Waals surface area contributed by atoms with Gasteiger partial charge in [0.05, 0.1) is 28.2 Å². The zero-order valence-electron chi connectivity index (χ0n) is 15.6. The highest BCUT2D eigenvalue weighted by Gasteiger charge is 2.21. The fraction of sp³-hybridized carbons (Fsp3) is 0.150. The molecule has 3 N–H and O–H groups in total. The third-order valence-electron chi connectivity index (χ3n) is 4.25. The zero-order chi connectivity index (χ0) is 21.0. The van der Waals surface area contributed by atoms with Crippen molar-refractivity contribution in [3.63, 3.8) is 0 Å². The van der Waals surface area contributed by atoms with E-state index >= 15 is 0 Å². The molecular weight excluding hydrogens is 460 g/mol. The summed E-state index contributed by atoms with van der Waals surface area (Å²) in [5, 5.41) is 12.5. The molecule has 0 fully saturated rings. The Morgan fingerprint density at radius 1 is 1.14 bits per heavy atom. The van der Waals surface area contributed by atoms with E-state index in [9.17, 15) is 9.59 Å². The van der Waals surface area contributed by atoms with E-state index < -0.39 is 5.91 Å². The van der Waals surface area contributed by atoms with E-state index in [0.717, 1.165) is 11.3 Å². The van der Waals surface area contributed by atoms with Crippen LogP contribution in [0.25, 0.3) is 0 Å². The molecule has 0 spiro atoms. The summed E-state index contributed by atoms with van der Waals surface area (Å²) in [6, 6.07) is 13.8. The Morgan fingerprint density at radius 2 is 1.83 bits per heavy atom. The lowest BCUT2D eigenvalue weighted by molar-refractivity contribution is 0.0933. The van der Waals surface area contributed by atoms with Crippen molar-refractivity contribution < 1.29 is 14.3 Å². The van der Waals surface area contributed by atoms with Crippen LogP contribution in [0, 0.1) is 0 Å². The first-order valence-corrected chi connectivity index (χ1v) is 9.82. The second-order valence-electron chi connectivity index (χ2n) is 6.16. The van der Waals surface area contributed by atoms with Gasteiger partial charge in [0.1, 0.15) is 11.4 Å². The van der Waals surface area contributed by atoms with Crippen LogP contribution in [-0.2, 0) is 0 Å². The summed E-state index contributed by atoms with van der Waals surface area (Å²) in [7, 11) is 1.60. The molecule has 3 aromatic rings. The van der Waals surface area contributed by atoms with Crippen LogP contribution in [-0.4, -0.2) is 29.1 Å². The number of hydrogen-bond acceptors (Lipinski definition) is 4. The SMILES string of the molecule is COc1ccc(C(C)NC(=O)c2[nH]nc(NC(=O)c3ccccc3Cl)c2Br)cc1. The normalized spacial score (nSPS) is 11.6. The maximum absolute atomic E-state index is 12.6. The number of ether oxygens (including phenoxy) is 1. The van der Waals surface area contributed by atoms with E-state index in [1.54, 1.807) is 31.4 Å². The number of carbonyl (C=O) groups excluding carboxylic acids is 2. The quantitative estimate of drug-likeness (QED) is 0.484. The highest BCUT2D eigenvalue weighted by atomic mass is 79.9. The molecule has 150 valence electrons. The molecule has 0 saturated carbocycles. The maximum atomic E-state index is 12.6. The molecule has 3 rings (SSSR count). The minimum Gasteiger partial charge on any atom is -0.497 e. The lowest BCUT2D eigenvalue weighted by Crippen LogP contribution is -2.27. The Kier molecular flexibility index (Phi) is 6.56. The summed E-state index contributed by atoms with van der Waals surface area (Å²) in [5.41, 5.74) is 1.42. The predicted molar refractivity (Wildman–Crippen MR) is 115 cm³/mol. The third kappa shape index (κ3) is 4.78. The number of amides is 2. The molecular formula is C20H18BrClN4O3. The summed E-state index contributed by atoms with van der Waals surface area (Å²) in [6.45, 7) is 1.87. The number of benzene rings is 2. The number of nitrogens with one attached hydrogen (secondary N) is 3. The molecule has 2 aromatic carbocycles. The largest absolute Gasteiger partial charge is 0.497 e. The van der Waals surface area contributed by atoms with Crippen molar-refractivity contribution >= 4 is 45.2 Å². The first kappa shape index (κ1) is 20.9. The van der Waals surface area contributed by atoms with Crippen LogP contribution < -0.4 is 15.4 Å². The molecule has 29 heavy (non-hydrogen) atoms. The highest BCUT2D eigenvalue weighted by Crippen LogP contribution is 2.26. The fourth-order valence-electron chi connectivity index (χ4n) is 2.63. The second-order valence-corrected chi connectivity index (χ2v) is 7.36. The molecule has 0 bridgehead atoms. The van der Waals surface area contributed by atoms with Crippen LogP contribution in [0.4, 0.5) is 5.82 Å². The topological polar surface area (TPSA) is 96.1 Å². The predicted octanol–water partition coefficient (Wildman–Crippen LogP) is 4.58. The average molecular weight is 478 g/mol.